The number of aryl methyl sites for hydroxylation is 2. The van der Waals surface area contributed by atoms with E-state index in [0.29, 0.717) is 16.7 Å². The number of hydrogen-bond donors (Lipinski definition) is 4. The largest absolute Gasteiger partial charge is 0.348 e. The summed E-state index contributed by atoms with van der Waals surface area (Å²) in [5.74, 6) is -0.103. The Morgan fingerprint density at radius 2 is 1.87 bits per heavy atom. The molecule has 1 fully saturated rings. The molecule has 2 aromatic heterocycles. The third kappa shape index (κ3) is 5.28. The first kappa shape index (κ1) is 22.9. The molecule has 166 valence electrons. The van der Waals surface area contributed by atoms with E-state index < -0.39 is 0 Å². The van der Waals surface area contributed by atoms with Crippen molar-refractivity contribution in [3.63, 3.8) is 0 Å². The fraction of sp³-hybridized carbons (Fsp3) is 0.500. The van der Waals surface area contributed by atoms with Crippen molar-refractivity contribution in [3.05, 3.63) is 62.3 Å². The van der Waals surface area contributed by atoms with Crippen molar-refractivity contribution in [2.45, 2.75) is 77.9 Å². The van der Waals surface area contributed by atoms with Gasteiger partial charge in [-0.15, -0.1) is 0 Å². The minimum absolute atomic E-state index is 0.0409. The van der Waals surface area contributed by atoms with Gasteiger partial charge < -0.3 is 21.0 Å². The van der Waals surface area contributed by atoms with E-state index in [-0.39, 0.29) is 35.0 Å². The number of carbonyl (C=O) groups is 1. The van der Waals surface area contributed by atoms with Crippen molar-refractivity contribution < 1.29 is 4.79 Å². The number of hydrogen-bond acceptors (Lipinski definition) is 5. The van der Waals surface area contributed by atoms with E-state index in [2.05, 4.69) is 48.3 Å². The van der Waals surface area contributed by atoms with Gasteiger partial charge in [0.25, 0.3) is 11.5 Å². The lowest BCUT2D eigenvalue weighted by atomic mass is 9.74. The fourth-order valence-corrected chi connectivity index (χ4v) is 4.91. The quantitative estimate of drug-likeness (QED) is 0.553. The van der Waals surface area contributed by atoms with E-state index in [0.717, 1.165) is 36.0 Å². The second kappa shape index (κ2) is 8.38. The number of nitrogens with one attached hydrogen (secondary N) is 4. The summed E-state index contributed by atoms with van der Waals surface area (Å²) in [6, 6.07) is 3.70. The number of piperidine rings is 1. The Labute approximate surface area is 183 Å². The van der Waals surface area contributed by atoms with Crippen molar-refractivity contribution in [2.24, 2.45) is 0 Å². The van der Waals surface area contributed by atoms with Crippen molar-refractivity contribution in [2.75, 3.05) is 0 Å². The molecule has 0 radical (unpaired) electrons. The van der Waals surface area contributed by atoms with Crippen LogP contribution in [0.3, 0.4) is 0 Å². The summed E-state index contributed by atoms with van der Waals surface area (Å²) in [5.41, 5.74) is 3.62. The fourth-order valence-electron chi connectivity index (χ4n) is 4.91. The SMILES string of the molecule is Cc1cc(C)c(CNC(=O)c2cc(C3CC(C)(C)NC(C)(C)C3)ncc2C=N)c(=O)[nH]1. The van der Waals surface area contributed by atoms with Crippen molar-refractivity contribution in [1.29, 1.82) is 5.41 Å². The van der Waals surface area contributed by atoms with Crippen LogP contribution < -0.4 is 16.2 Å². The second-order valence-electron chi connectivity index (χ2n) is 9.96. The van der Waals surface area contributed by atoms with Crippen molar-refractivity contribution >= 4 is 12.1 Å². The molecular weight excluding hydrogens is 390 g/mol. The van der Waals surface area contributed by atoms with Crippen molar-refractivity contribution in [3.8, 4) is 0 Å². The van der Waals surface area contributed by atoms with Gasteiger partial charge in [0.15, 0.2) is 0 Å². The molecule has 2 aromatic rings. The van der Waals surface area contributed by atoms with E-state index in [9.17, 15) is 9.59 Å². The van der Waals surface area contributed by atoms with E-state index in [1.807, 2.05) is 26.0 Å². The third-order valence-electron chi connectivity index (χ3n) is 5.88. The molecule has 4 N–H and O–H groups in total. The van der Waals surface area contributed by atoms with Crippen LogP contribution in [-0.2, 0) is 6.54 Å². The Kier molecular flexibility index (Phi) is 6.18. The smallest absolute Gasteiger partial charge is 0.253 e. The van der Waals surface area contributed by atoms with Gasteiger partial charge in [-0.1, -0.05) is 0 Å². The minimum Gasteiger partial charge on any atom is -0.348 e. The number of nitrogens with zero attached hydrogens (tertiary/aromatic N) is 1. The van der Waals surface area contributed by atoms with Crippen LogP contribution in [0, 0.1) is 19.3 Å². The van der Waals surface area contributed by atoms with Gasteiger partial charge in [0, 0.05) is 58.5 Å². The first-order chi connectivity index (χ1) is 14.4. The normalized spacial score (nSPS) is 17.9. The van der Waals surface area contributed by atoms with Gasteiger partial charge in [-0.3, -0.25) is 14.6 Å². The lowest BCUT2D eigenvalue weighted by Crippen LogP contribution is -2.57. The first-order valence-electron chi connectivity index (χ1n) is 10.7. The number of aromatic amines is 1. The van der Waals surface area contributed by atoms with Crippen LogP contribution in [0.1, 0.15) is 84.9 Å². The molecule has 0 aliphatic carbocycles. The third-order valence-corrected chi connectivity index (χ3v) is 5.88. The number of H-pyrrole nitrogens is 1. The summed E-state index contributed by atoms with van der Waals surface area (Å²) in [6.45, 7) is 12.5. The van der Waals surface area contributed by atoms with E-state index in [1.165, 1.54) is 0 Å². The van der Waals surface area contributed by atoms with Crippen molar-refractivity contribution in [1.82, 2.24) is 20.6 Å². The number of rotatable bonds is 5. The van der Waals surface area contributed by atoms with E-state index in [4.69, 9.17) is 5.41 Å². The highest BCUT2D eigenvalue weighted by molar-refractivity contribution is 6.01. The molecule has 1 amide bonds. The number of aromatic nitrogens is 2. The lowest BCUT2D eigenvalue weighted by Gasteiger charge is -2.46. The topological polar surface area (TPSA) is 111 Å². The zero-order valence-electron chi connectivity index (χ0n) is 19.3. The zero-order chi connectivity index (χ0) is 23.0. The van der Waals surface area contributed by atoms with Crippen LogP contribution in [0.4, 0.5) is 0 Å². The first-order valence-corrected chi connectivity index (χ1v) is 10.7. The van der Waals surface area contributed by atoms with Gasteiger partial charge in [-0.25, -0.2) is 0 Å². The summed E-state index contributed by atoms with van der Waals surface area (Å²) in [5, 5.41) is 14.2. The molecule has 1 saturated heterocycles. The summed E-state index contributed by atoms with van der Waals surface area (Å²) in [7, 11) is 0. The molecule has 31 heavy (non-hydrogen) atoms. The van der Waals surface area contributed by atoms with Gasteiger partial charge >= 0.3 is 0 Å². The summed E-state index contributed by atoms with van der Waals surface area (Å²) >= 11 is 0. The van der Waals surface area contributed by atoms with Crippen LogP contribution >= 0.6 is 0 Å². The standard InChI is InChI=1S/C24H33N5O2/c1-14-7-15(2)28-22(31)19(14)13-27-21(30)18-8-20(26-12-17(18)11-25)16-9-23(3,4)29-24(5,6)10-16/h7-8,11-12,16,25,29H,9-10,13H2,1-6H3,(H,27,30)(H,28,31). The van der Waals surface area contributed by atoms with Gasteiger partial charge in [-0.05, 0) is 72.1 Å². The molecule has 7 nitrogen and oxygen atoms in total. The molecule has 1 aliphatic heterocycles. The Hall–Kier alpha value is -2.80. The predicted octanol–water partition coefficient (Wildman–Crippen LogP) is 3.34. The Balaban J connectivity index is 1.86. The Bertz CT molecular complexity index is 1050. The van der Waals surface area contributed by atoms with E-state index >= 15 is 0 Å². The van der Waals surface area contributed by atoms with Gasteiger partial charge in [-0.2, -0.15) is 0 Å². The molecule has 0 unspecified atom stereocenters. The molecule has 0 bridgehead atoms. The maximum Gasteiger partial charge on any atom is 0.253 e. The summed E-state index contributed by atoms with van der Waals surface area (Å²) in [4.78, 5) is 32.6. The highest BCUT2D eigenvalue weighted by Crippen LogP contribution is 2.38. The van der Waals surface area contributed by atoms with Crippen LogP contribution in [0.15, 0.2) is 23.1 Å². The molecule has 3 heterocycles. The lowest BCUT2D eigenvalue weighted by molar-refractivity contribution is 0.0950. The van der Waals surface area contributed by atoms with Gasteiger partial charge in [0.05, 0.1) is 5.56 Å². The van der Waals surface area contributed by atoms with E-state index in [1.54, 1.807) is 6.20 Å². The summed E-state index contributed by atoms with van der Waals surface area (Å²) < 4.78 is 0. The number of pyridine rings is 2. The molecular formula is C24H33N5O2. The molecule has 0 saturated carbocycles. The Morgan fingerprint density at radius 1 is 1.23 bits per heavy atom. The van der Waals surface area contributed by atoms with Gasteiger partial charge in [0.1, 0.15) is 0 Å². The average molecular weight is 424 g/mol. The highest BCUT2D eigenvalue weighted by Gasteiger charge is 2.39. The molecule has 0 spiro atoms. The highest BCUT2D eigenvalue weighted by atomic mass is 16.1. The number of amides is 1. The molecule has 3 rings (SSSR count). The molecule has 7 heteroatoms. The monoisotopic (exact) mass is 423 g/mol. The molecule has 0 atom stereocenters. The van der Waals surface area contributed by atoms with Crippen LogP contribution in [0.2, 0.25) is 0 Å². The maximum absolute atomic E-state index is 13.0. The number of carbonyl (C=O) groups excluding carboxylic acids is 1. The molecule has 1 aliphatic rings. The van der Waals surface area contributed by atoms with Crippen LogP contribution in [0.25, 0.3) is 0 Å². The zero-order valence-corrected chi connectivity index (χ0v) is 19.3. The second-order valence-corrected chi connectivity index (χ2v) is 9.96. The van der Waals surface area contributed by atoms with Gasteiger partial charge in [0.2, 0.25) is 0 Å². The van der Waals surface area contributed by atoms with Crippen LogP contribution in [-0.4, -0.2) is 33.2 Å². The summed E-state index contributed by atoms with van der Waals surface area (Å²) in [6.07, 6.45) is 4.56. The average Bonchev–Trinajstić information content (AvgIpc) is 2.64. The van der Waals surface area contributed by atoms with Crippen LogP contribution in [0.5, 0.6) is 0 Å². The minimum atomic E-state index is -0.311. The maximum atomic E-state index is 13.0. The predicted molar refractivity (Wildman–Crippen MR) is 123 cm³/mol. The Morgan fingerprint density at radius 3 is 2.45 bits per heavy atom. The molecule has 0 aromatic carbocycles.